The third-order valence-corrected chi connectivity index (χ3v) is 5.83. The number of aliphatic hydroxyl groups is 1. The number of pyridine rings is 1. The molecule has 0 unspecified atom stereocenters. The predicted molar refractivity (Wildman–Crippen MR) is 106 cm³/mol. The molecule has 0 bridgehead atoms. The fourth-order valence-corrected chi connectivity index (χ4v) is 4.14. The number of nitrogens with one attached hydrogen (secondary N) is 1. The van der Waals surface area contributed by atoms with Gasteiger partial charge in [-0.3, -0.25) is 9.69 Å². The van der Waals surface area contributed by atoms with E-state index in [2.05, 4.69) is 39.5 Å². The molecule has 28 heavy (non-hydrogen) atoms. The zero-order chi connectivity index (χ0) is 19.5. The van der Waals surface area contributed by atoms with Crippen LogP contribution in [-0.4, -0.2) is 40.7 Å². The molecule has 0 radical (unpaired) electrons. The molecule has 6 heteroatoms. The molecule has 1 saturated carbocycles. The van der Waals surface area contributed by atoms with Crippen LogP contribution >= 0.6 is 0 Å². The molecule has 1 aromatic carbocycles. The van der Waals surface area contributed by atoms with Crippen LogP contribution in [0, 0.1) is 5.92 Å². The number of benzene rings is 1. The maximum atomic E-state index is 12.7. The fourth-order valence-electron chi connectivity index (χ4n) is 4.14. The minimum atomic E-state index is -0.265. The van der Waals surface area contributed by atoms with Gasteiger partial charge in [0.15, 0.2) is 0 Å². The molecule has 1 fully saturated rings. The average molecular weight is 381 g/mol. The van der Waals surface area contributed by atoms with Crippen molar-refractivity contribution in [2.24, 2.45) is 5.92 Å². The first kappa shape index (κ1) is 18.9. The Morgan fingerprint density at radius 3 is 2.54 bits per heavy atom. The topological polar surface area (TPSA) is 74.7 Å². The number of aliphatic hydroxyl groups excluding tert-OH is 1. The highest BCUT2D eigenvalue weighted by molar-refractivity contribution is 5.76. The van der Waals surface area contributed by atoms with Crippen molar-refractivity contribution in [1.29, 1.82) is 0 Å². The van der Waals surface area contributed by atoms with Gasteiger partial charge in [-0.1, -0.05) is 30.3 Å². The van der Waals surface area contributed by atoms with Gasteiger partial charge in [0, 0.05) is 38.3 Å². The van der Waals surface area contributed by atoms with Crippen molar-refractivity contribution in [3.63, 3.8) is 0 Å². The van der Waals surface area contributed by atoms with Gasteiger partial charge in [0.2, 0.25) is 11.8 Å². The highest BCUT2D eigenvalue weighted by Crippen LogP contribution is 2.38. The van der Waals surface area contributed by atoms with E-state index in [9.17, 15) is 9.90 Å². The fraction of sp³-hybridized carbons (Fsp3) is 0.455. The van der Waals surface area contributed by atoms with Crippen LogP contribution in [0.3, 0.4) is 0 Å². The van der Waals surface area contributed by atoms with E-state index in [1.54, 1.807) is 13.3 Å². The zero-order valence-electron chi connectivity index (χ0n) is 16.2. The summed E-state index contributed by atoms with van der Waals surface area (Å²) >= 11 is 0. The largest absolute Gasteiger partial charge is 0.481 e. The minimum absolute atomic E-state index is 0.0400. The predicted octanol–water partition coefficient (Wildman–Crippen LogP) is 2.42. The van der Waals surface area contributed by atoms with Gasteiger partial charge in [0.05, 0.1) is 19.3 Å². The number of rotatable bonds is 7. The van der Waals surface area contributed by atoms with Crippen LogP contribution in [0.2, 0.25) is 0 Å². The first-order chi connectivity index (χ1) is 13.6. The maximum absolute atomic E-state index is 12.7. The van der Waals surface area contributed by atoms with E-state index in [0.29, 0.717) is 25.1 Å². The number of carbonyl (C=O) groups excluding carboxylic acids is 1. The van der Waals surface area contributed by atoms with Gasteiger partial charge in [0.25, 0.3) is 0 Å². The van der Waals surface area contributed by atoms with Crippen LogP contribution in [0.1, 0.15) is 42.0 Å². The summed E-state index contributed by atoms with van der Waals surface area (Å²) in [4.78, 5) is 19.2. The summed E-state index contributed by atoms with van der Waals surface area (Å²) in [6.45, 7) is 2.55. The lowest BCUT2D eigenvalue weighted by Crippen LogP contribution is -2.42. The number of hydrogen-bond donors (Lipinski definition) is 2. The summed E-state index contributed by atoms with van der Waals surface area (Å²) in [6.07, 6.45) is 3.37. The van der Waals surface area contributed by atoms with E-state index in [0.717, 1.165) is 25.2 Å². The summed E-state index contributed by atoms with van der Waals surface area (Å²) in [5.41, 5.74) is 3.67. The monoisotopic (exact) mass is 381 g/mol. The molecule has 1 aliphatic carbocycles. The van der Waals surface area contributed by atoms with Gasteiger partial charge in [-0.15, -0.1) is 0 Å². The molecule has 2 aliphatic rings. The lowest BCUT2D eigenvalue weighted by molar-refractivity contribution is -0.123. The van der Waals surface area contributed by atoms with Crippen LogP contribution in [0.5, 0.6) is 5.88 Å². The normalized spacial score (nSPS) is 22.2. The Morgan fingerprint density at radius 2 is 1.96 bits per heavy atom. The molecule has 6 nitrogen and oxygen atoms in total. The Bertz CT molecular complexity index is 793. The second-order valence-corrected chi connectivity index (χ2v) is 7.79. The molecule has 0 spiro atoms. The van der Waals surface area contributed by atoms with Crippen molar-refractivity contribution >= 4 is 5.91 Å². The molecule has 1 atom stereocenters. The van der Waals surface area contributed by atoms with Gasteiger partial charge >= 0.3 is 0 Å². The molecule has 1 aromatic heterocycles. The maximum Gasteiger partial charge on any atom is 0.221 e. The van der Waals surface area contributed by atoms with Crippen molar-refractivity contribution < 1.29 is 14.6 Å². The minimum Gasteiger partial charge on any atom is -0.481 e. The second kappa shape index (κ2) is 8.29. The van der Waals surface area contributed by atoms with Crippen LogP contribution in [0.25, 0.3) is 0 Å². The molecule has 1 aliphatic heterocycles. The summed E-state index contributed by atoms with van der Waals surface area (Å²) in [7, 11) is 1.58. The zero-order valence-corrected chi connectivity index (χ0v) is 16.2. The SMILES string of the molecule is COc1ccc([C@H](NC(=O)CCN2Cc3ccccc3C2)C2CC(O)C2)cn1. The molecule has 0 saturated heterocycles. The van der Waals surface area contributed by atoms with Crippen molar-refractivity contribution in [3.05, 3.63) is 59.3 Å². The molecule has 2 aromatic rings. The Morgan fingerprint density at radius 1 is 1.25 bits per heavy atom. The highest BCUT2D eigenvalue weighted by Gasteiger charge is 2.36. The summed E-state index contributed by atoms with van der Waals surface area (Å²) in [6, 6.07) is 12.1. The number of carbonyl (C=O) groups is 1. The van der Waals surface area contributed by atoms with Crippen molar-refractivity contribution in [2.45, 2.75) is 44.5 Å². The smallest absolute Gasteiger partial charge is 0.221 e. The molecule has 1 amide bonds. The van der Waals surface area contributed by atoms with Gasteiger partial charge in [-0.25, -0.2) is 4.98 Å². The van der Waals surface area contributed by atoms with Crippen molar-refractivity contribution in [2.75, 3.05) is 13.7 Å². The second-order valence-electron chi connectivity index (χ2n) is 7.79. The van der Waals surface area contributed by atoms with E-state index in [-0.39, 0.29) is 24.0 Å². The molecule has 2 heterocycles. The van der Waals surface area contributed by atoms with E-state index in [1.807, 2.05) is 12.1 Å². The van der Waals surface area contributed by atoms with Crippen molar-refractivity contribution in [1.82, 2.24) is 15.2 Å². The number of hydrogen-bond acceptors (Lipinski definition) is 5. The lowest BCUT2D eigenvalue weighted by atomic mass is 9.75. The van der Waals surface area contributed by atoms with E-state index >= 15 is 0 Å². The van der Waals surface area contributed by atoms with Crippen LogP contribution in [0.15, 0.2) is 42.6 Å². The highest BCUT2D eigenvalue weighted by atomic mass is 16.5. The quantitative estimate of drug-likeness (QED) is 0.771. The number of ether oxygens (including phenoxy) is 1. The van der Waals surface area contributed by atoms with Gasteiger partial charge < -0.3 is 15.2 Å². The van der Waals surface area contributed by atoms with Gasteiger partial charge in [0.1, 0.15) is 0 Å². The molecule has 4 rings (SSSR count). The van der Waals surface area contributed by atoms with Gasteiger partial charge in [-0.2, -0.15) is 0 Å². The van der Waals surface area contributed by atoms with Crippen LogP contribution < -0.4 is 10.1 Å². The number of amides is 1. The van der Waals surface area contributed by atoms with Crippen molar-refractivity contribution in [3.8, 4) is 5.88 Å². The first-order valence-corrected chi connectivity index (χ1v) is 9.89. The molecule has 2 N–H and O–H groups in total. The Balaban J connectivity index is 1.34. The van der Waals surface area contributed by atoms with Crippen LogP contribution in [-0.2, 0) is 17.9 Å². The van der Waals surface area contributed by atoms with Gasteiger partial charge in [-0.05, 0) is 35.4 Å². The average Bonchev–Trinajstić information content (AvgIpc) is 3.11. The Labute approximate surface area is 165 Å². The summed E-state index contributed by atoms with van der Waals surface area (Å²) in [5, 5.41) is 12.9. The molecular weight excluding hydrogens is 354 g/mol. The number of fused-ring (bicyclic) bond motifs is 1. The lowest BCUT2D eigenvalue weighted by Gasteiger charge is -2.38. The Kier molecular flexibility index (Phi) is 5.59. The Hall–Kier alpha value is -2.44. The standard InChI is InChI=1S/C22H27N3O3/c1-28-21-7-6-15(12-23-21)22(18-10-19(26)11-18)24-20(27)8-9-25-13-16-4-2-3-5-17(16)14-25/h2-7,12,18-19,22,26H,8-11,13-14H2,1H3,(H,24,27)/t18?,19?,22-/m0/s1. The third-order valence-electron chi connectivity index (χ3n) is 5.83. The van der Waals surface area contributed by atoms with E-state index in [1.165, 1.54) is 11.1 Å². The van der Waals surface area contributed by atoms with Crippen LogP contribution in [0.4, 0.5) is 0 Å². The van der Waals surface area contributed by atoms with E-state index in [4.69, 9.17) is 4.74 Å². The number of aromatic nitrogens is 1. The number of nitrogens with zero attached hydrogens (tertiary/aromatic N) is 2. The van der Waals surface area contributed by atoms with E-state index < -0.39 is 0 Å². The summed E-state index contributed by atoms with van der Waals surface area (Å²) < 4.78 is 5.13. The number of methoxy groups -OCH3 is 1. The summed E-state index contributed by atoms with van der Waals surface area (Å²) in [5.74, 6) is 0.833. The first-order valence-electron chi connectivity index (χ1n) is 9.89. The third kappa shape index (κ3) is 4.18. The molecular formula is C22H27N3O3. The molecule has 148 valence electrons.